The Morgan fingerprint density at radius 3 is 2.51 bits per heavy atom. The van der Waals surface area contributed by atoms with Crippen molar-refractivity contribution in [1.29, 1.82) is 0 Å². The maximum atomic E-state index is 13.7. The van der Waals surface area contributed by atoms with Crippen molar-refractivity contribution in [3.63, 3.8) is 0 Å². The van der Waals surface area contributed by atoms with Gasteiger partial charge in [0.05, 0.1) is 26.4 Å². The molecule has 12 heteroatoms. The third kappa shape index (κ3) is 8.62. The van der Waals surface area contributed by atoms with Gasteiger partial charge in [0.2, 0.25) is 5.91 Å². The van der Waals surface area contributed by atoms with Gasteiger partial charge in [0, 0.05) is 57.7 Å². The van der Waals surface area contributed by atoms with Crippen molar-refractivity contribution in [2.75, 3.05) is 60.2 Å². The summed E-state index contributed by atoms with van der Waals surface area (Å²) >= 11 is 0. The van der Waals surface area contributed by atoms with Crippen LogP contribution >= 0.6 is 0 Å². The molecule has 0 bridgehead atoms. The molecule has 1 fully saturated rings. The fourth-order valence-corrected chi connectivity index (χ4v) is 4.75. The van der Waals surface area contributed by atoms with Crippen molar-refractivity contribution < 1.29 is 37.6 Å². The summed E-state index contributed by atoms with van der Waals surface area (Å²) in [6.07, 6.45) is 3.73. The molecule has 0 aliphatic carbocycles. The molecule has 1 saturated heterocycles. The van der Waals surface area contributed by atoms with Gasteiger partial charge in [-0.25, -0.2) is 8.78 Å². The summed E-state index contributed by atoms with van der Waals surface area (Å²) in [4.78, 5) is 16.2. The second-order valence-corrected chi connectivity index (χ2v) is 10.2. The predicted molar refractivity (Wildman–Crippen MR) is 146 cm³/mol. The van der Waals surface area contributed by atoms with Crippen molar-refractivity contribution in [2.24, 2.45) is 0 Å². The third-order valence-corrected chi connectivity index (χ3v) is 6.63. The summed E-state index contributed by atoms with van der Waals surface area (Å²) in [5.41, 5.74) is 0.456. The van der Waals surface area contributed by atoms with Crippen molar-refractivity contribution in [1.82, 2.24) is 19.6 Å². The molecular formula is C29H36F2N4O6. The van der Waals surface area contributed by atoms with Crippen LogP contribution in [0.4, 0.5) is 8.78 Å². The van der Waals surface area contributed by atoms with Crippen LogP contribution in [0.25, 0.3) is 0 Å². The van der Waals surface area contributed by atoms with Crippen LogP contribution in [0.5, 0.6) is 17.2 Å². The van der Waals surface area contributed by atoms with Gasteiger partial charge in [-0.05, 0) is 30.2 Å². The number of methoxy groups -OCH3 is 2. The molecule has 0 radical (unpaired) electrons. The molecule has 0 saturated carbocycles. The predicted octanol–water partition coefficient (Wildman–Crippen LogP) is 2.66. The average molecular weight is 575 g/mol. The molecule has 4 rings (SSSR count). The first-order chi connectivity index (χ1) is 19.7. The highest BCUT2D eigenvalue weighted by Gasteiger charge is 2.37. The van der Waals surface area contributed by atoms with Crippen molar-refractivity contribution in [2.45, 2.75) is 25.6 Å². The van der Waals surface area contributed by atoms with Crippen LogP contribution in [0.3, 0.4) is 0 Å². The first kappa shape index (κ1) is 30.2. The number of benzene rings is 2. The molecule has 41 heavy (non-hydrogen) atoms. The zero-order valence-electron chi connectivity index (χ0n) is 23.5. The highest BCUT2D eigenvalue weighted by Crippen LogP contribution is 2.29. The Hall–Kier alpha value is -3.74. The zero-order chi connectivity index (χ0) is 29.4. The van der Waals surface area contributed by atoms with E-state index in [2.05, 4.69) is 5.10 Å². The summed E-state index contributed by atoms with van der Waals surface area (Å²) < 4.78 is 51.3. The lowest BCUT2D eigenvalue weighted by molar-refractivity contribution is -0.138. The van der Waals surface area contributed by atoms with Gasteiger partial charge in [0.15, 0.2) is 11.5 Å². The number of nitrogens with zero attached hydrogens (tertiary/aromatic N) is 4. The second-order valence-electron chi connectivity index (χ2n) is 10.2. The molecular weight excluding hydrogens is 538 g/mol. The van der Waals surface area contributed by atoms with Gasteiger partial charge < -0.3 is 29.0 Å². The van der Waals surface area contributed by atoms with Crippen LogP contribution in [-0.2, 0) is 22.6 Å². The van der Waals surface area contributed by atoms with Crippen molar-refractivity contribution in [3.05, 3.63) is 71.6 Å². The summed E-state index contributed by atoms with van der Waals surface area (Å²) in [5, 5.41) is 15.8. The lowest BCUT2D eigenvalue weighted by Gasteiger charge is -2.33. The van der Waals surface area contributed by atoms with Gasteiger partial charge in [-0.2, -0.15) is 5.10 Å². The van der Waals surface area contributed by atoms with Crippen LogP contribution in [0, 0.1) is 18.6 Å². The lowest BCUT2D eigenvalue weighted by atomic mass is 10.0. The molecule has 3 aromatic rings. The third-order valence-electron chi connectivity index (χ3n) is 6.63. The molecule has 1 aliphatic rings. The van der Waals surface area contributed by atoms with E-state index in [0.717, 1.165) is 29.3 Å². The molecule has 1 aliphatic heterocycles. The minimum Gasteiger partial charge on any atom is -0.493 e. The standard InChI is InChI=1S/C29H36F2N4O6/c1-21-14-32-35(15-21)8-9-40-26-5-4-22(10-27(26)39-3)16-33-6-7-34(28(36)17-38-2)19-29(37,18-33)20-41-25-12-23(30)11-24(31)13-25/h4-5,10-15,37H,6-9,16-20H2,1-3H3/t29-/m1/s1. The number of hydrogen-bond donors (Lipinski definition) is 1. The summed E-state index contributed by atoms with van der Waals surface area (Å²) in [7, 11) is 2.99. The maximum Gasteiger partial charge on any atom is 0.248 e. The van der Waals surface area contributed by atoms with Gasteiger partial charge in [0.25, 0.3) is 0 Å². The summed E-state index contributed by atoms with van der Waals surface area (Å²) in [6.45, 7) is 3.93. The Morgan fingerprint density at radius 2 is 1.83 bits per heavy atom. The minimum absolute atomic E-state index is 0.0324. The van der Waals surface area contributed by atoms with E-state index in [-0.39, 0.29) is 38.0 Å². The first-order valence-electron chi connectivity index (χ1n) is 13.3. The SMILES string of the molecule is COCC(=O)N1CCN(Cc2ccc(OCCn3cc(C)cn3)c(OC)c2)C[C@](O)(COc2cc(F)cc(F)c2)C1. The average Bonchev–Trinajstić information content (AvgIpc) is 3.26. The van der Waals surface area contributed by atoms with E-state index >= 15 is 0 Å². The summed E-state index contributed by atoms with van der Waals surface area (Å²) in [6, 6.07) is 8.45. The number of aliphatic hydroxyl groups is 1. The molecule has 1 aromatic heterocycles. The van der Waals surface area contributed by atoms with Crippen LogP contribution in [0.15, 0.2) is 48.8 Å². The zero-order valence-corrected chi connectivity index (χ0v) is 23.5. The van der Waals surface area contributed by atoms with Gasteiger partial charge in [-0.15, -0.1) is 0 Å². The Kier molecular flexibility index (Phi) is 10.1. The van der Waals surface area contributed by atoms with Gasteiger partial charge in [-0.3, -0.25) is 14.4 Å². The van der Waals surface area contributed by atoms with E-state index in [0.29, 0.717) is 44.3 Å². The fraction of sp³-hybridized carbons (Fsp3) is 0.448. The minimum atomic E-state index is -1.53. The normalized spacial score (nSPS) is 17.8. The first-order valence-corrected chi connectivity index (χ1v) is 13.3. The second kappa shape index (κ2) is 13.7. The highest BCUT2D eigenvalue weighted by molar-refractivity contribution is 5.77. The molecule has 1 atom stereocenters. The number of β-amino-alcohol motifs (C(OH)–C–C–N with tert-alkyl or cyclic N) is 1. The van der Waals surface area contributed by atoms with Crippen molar-refractivity contribution in [3.8, 4) is 17.2 Å². The number of hydrogen-bond acceptors (Lipinski definition) is 8. The topological polar surface area (TPSA) is 98.5 Å². The molecule has 0 unspecified atom stereocenters. The van der Waals surface area contributed by atoms with E-state index in [1.165, 1.54) is 12.0 Å². The Labute approximate surface area is 238 Å². The van der Waals surface area contributed by atoms with E-state index in [4.69, 9.17) is 18.9 Å². The molecule has 2 heterocycles. The van der Waals surface area contributed by atoms with Gasteiger partial charge in [0.1, 0.15) is 42.8 Å². The van der Waals surface area contributed by atoms with Gasteiger partial charge in [-0.1, -0.05) is 6.07 Å². The van der Waals surface area contributed by atoms with Crippen LogP contribution in [0.1, 0.15) is 11.1 Å². The molecule has 2 aromatic carbocycles. The van der Waals surface area contributed by atoms with E-state index < -0.39 is 17.2 Å². The number of aryl methyl sites for hydroxylation is 1. The summed E-state index contributed by atoms with van der Waals surface area (Å²) in [5.74, 6) is -0.742. The molecule has 1 amide bonds. The van der Waals surface area contributed by atoms with Gasteiger partial charge >= 0.3 is 0 Å². The Bertz CT molecular complexity index is 1300. The van der Waals surface area contributed by atoms with Crippen LogP contribution in [-0.4, -0.2) is 96.4 Å². The van der Waals surface area contributed by atoms with E-state index in [9.17, 15) is 18.7 Å². The highest BCUT2D eigenvalue weighted by atomic mass is 19.1. The van der Waals surface area contributed by atoms with Crippen LogP contribution in [0.2, 0.25) is 0 Å². The van der Waals surface area contributed by atoms with Crippen LogP contribution < -0.4 is 14.2 Å². The number of carbonyl (C=O) groups excluding carboxylic acids is 1. The Morgan fingerprint density at radius 1 is 1.05 bits per heavy atom. The lowest BCUT2D eigenvalue weighted by Crippen LogP contribution is -2.52. The maximum absolute atomic E-state index is 13.7. The molecule has 222 valence electrons. The number of halogens is 2. The number of aromatic nitrogens is 2. The fourth-order valence-electron chi connectivity index (χ4n) is 4.75. The smallest absolute Gasteiger partial charge is 0.248 e. The molecule has 0 spiro atoms. The number of amides is 1. The number of rotatable bonds is 12. The number of carbonyl (C=O) groups is 1. The Balaban J connectivity index is 1.45. The quantitative estimate of drug-likeness (QED) is 0.353. The number of ether oxygens (including phenoxy) is 4. The molecule has 1 N–H and O–H groups in total. The van der Waals surface area contributed by atoms with E-state index in [1.807, 2.05) is 40.9 Å². The van der Waals surface area contributed by atoms with Crippen molar-refractivity contribution >= 4 is 5.91 Å². The largest absolute Gasteiger partial charge is 0.493 e. The monoisotopic (exact) mass is 574 g/mol. The molecule has 10 nitrogen and oxygen atoms in total. The van der Waals surface area contributed by atoms with E-state index in [1.54, 1.807) is 13.3 Å².